The number of hydrogen-bond donors (Lipinski definition) is 0. The molecule has 0 radical (unpaired) electrons. The van der Waals surface area contributed by atoms with E-state index in [1.807, 2.05) is 54.6 Å². The Labute approximate surface area is 177 Å². The van der Waals surface area contributed by atoms with Crippen molar-refractivity contribution in [2.45, 2.75) is 32.8 Å². The number of benzene rings is 3. The van der Waals surface area contributed by atoms with E-state index in [0.29, 0.717) is 23.0 Å². The van der Waals surface area contributed by atoms with Gasteiger partial charge in [0.25, 0.3) is 0 Å². The molecule has 0 amide bonds. The fraction of sp³-hybridized carbons (Fsp3) is 0.231. The molecule has 3 aromatic carbocycles. The molecule has 0 aliphatic rings. The third-order valence-corrected chi connectivity index (χ3v) is 4.52. The number of esters is 1. The monoisotopic (exact) mass is 399 g/mol. The standard InChI is InChI=1S/C26H25NO3/c1-19(2)15-20-11-13-21(14-12-20)16-26(28)30-25(18-27)22-7-6-10-24(17-22)29-23-8-4-3-5-9-23/h3-14,17,19,25H,15-16H2,1-2H3. The zero-order valence-electron chi connectivity index (χ0n) is 17.2. The number of rotatable bonds is 8. The maximum atomic E-state index is 12.4. The van der Waals surface area contributed by atoms with Crippen molar-refractivity contribution < 1.29 is 14.3 Å². The molecule has 0 aliphatic carbocycles. The van der Waals surface area contributed by atoms with Gasteiger partial charge in [0.05, 0.1) is 6.42 Å². The lowest BCUT2D eigenvalue weighted by Crippen LogP contribution is -2.12. The van der Waals surface area contributed by atoms with Crippen molar-refractivity contribution in [1.29, 1.82) is 5.26 Å². The molecule has 1 atom stereocenters. The average Bonchev–Trinajstić information content (AvgIpc) is 2.74. The Hall–Kier alpha value is -3.58. The Balaban J connectivity index is 1.63. The Morgan fingerprint density at radius 3 is 2.23 bits per heavy atom. The summed E-state index contributed by atoms with van der Waals surface area (Å²) in [6.07, 6.45) is 0.139. The van der Waals surface area contributed by atoms with Gasteiger partial charge < -0.3 is 9.47 Å². The van der Waals surface area contributed by atoms with Crippen LogP contribution < -0.4 is 4.74 Å². The van der Waals surface area contributed by atoms with Gasteiger partial charge in [0.1, 0.15) is 17.6 Å². The van der Waals surface area contributed by atoms with Crippen LogP contribution in [0.3, 0.4) is 0 Å². The molecule has 0 bridgehead atoms. The van der Waals surface area contributed by atoms with Gasteiger partial charge in [-0.25, -0.2) is 0 Å². The van der Waals surface area contributed by atoms with Crippen LogP contribution in [0.15, 0.2) is 78.9 Å². The average molecular weight is 399 g/mol. The molecule has 0 N–H and O–H groups in total. The highest BCUT2D eigenvalue weighted by atomic mass is 16.5. The van der Waals surface area contributed by atoms with E-state index in [0.717, 1.165) is 12.0 Å². The number of para-hydroxylation sites is 1. The van der Waals surface area contributed by atoms with E-state index < -0.39 is 12.1 Å². The first-order valence-electron chi connectivity index (χ1n) is 10.0. The summed E-state index contributed by atoms with van der Waals surface area (Å²) in [5, 5.41) is 9.53. The highest BCUT2D eigenvalue weighted by Crippen LogP contribution is 2.26. The van der Waals surface area contributed by atoms with Crippen LogP contribution in [0.5, 0.6) is 11.5 Å². The summed E-state index contributed by atoms with van der Waals surface area (Å²) in [5.74, 6) is 1.42. The second-order valence-corrected chi connectivity index (χ2v) is 7.58. The van der Waals surface area contributed by atoms with Gasteiger partial charge in [-0.3, -0.25) is 4.79 Å². The first kappa shape index (κ1) is 21.1. The first-order valence-corrected chi connectivity index (χ1v) is 10.0. The molecule has 0 fully saturated rings. The van der Waals surface area contributed by atoms with Crippen molar-refractivity contribution in [3.05, 3.63) is 95.6 Å². The minimum Gasteiger partial charge on any atom is -0.457 e. The van der Waals surface area contributed by atoms with Gasteiger partial charge in [-0.15, -0.1) is 0 Å². The predicted molar refractivity (Wildman–Crippen MR) is 116 cm³/mol. The molecular weight excluding hydrogens is 374 g/mol. The number of carbonyl (C=O) groups is 1. The lowest BCUT2D eigenvalue weighted by Gasteiger charge is -2.13. The van der Waals surface area contributed by atoms with Gasteiger partial charge in [0, 0.05) is 5.56 Å². The first-order chi connectivity index (χ1) is 14.5. The van der Waals surface area contributed by atoms with E-state index >= 15 is 0 Å². The number of carbonyl (C=O) groups excluding carboxylic acids is 1. The van der Waals surface area contributed by atoms with Crippen molar-refractivity contribution in [3.8, 4) is 17.6 Å². The largest absolute Gasteiger partial charge is 0.457 e. The molecule has 1 unspecified atom stereocenters. The fourth-order valence-electron chi connectivity index (χ4n) is 3.14. The van der Waals surface area contributed by atoms with E-state index in [-0.39, 0.29) is 6.42 Å². The Kier molecular flexibility index (Phi) is 7.24. The van der Waals surface area contributed by atoms with Crippen LogP contribution in [0.1, 0.15) is 36.6 Å². The topological polar surface area (TPSA) is 59.3 Å². The molecule has 3 aromatic rings. The summed E-state index contributed by atoms with van der Waals surface area (Å²) < 4.78 is 11.2. The van der Waals surface area contributed by atoms with Gasteiger partial charge >= 0.3 is 5.97 Å². The van der Waals surface area contributed by atoms with Crippen molar-refractivity contribution in [3.63, 3.8) is 0 Å². The van der Waals surface area contributed by atoms with Crippen LogP contribution >= 0.6 is 0 Å². The van der Waals surface area contributed by atoms with Crippen molar-refractivity contribution in [2.75, 3.05) is 0 Å². The fourth-order valence-corrected chi connectivity index (χ4v) is 3.14. The van der Waals surface area contributed by atoms with Crippen LogP contribution in [-0.2, 0) is 22.4 Å². The smallest absolute Gasteiger partial charge is 0.311 e. The zero-order valence-corrected chi connectivity index (χ0v) is 17.2. The third-order valence-electron chi connectivity index (χ3n) is 4.52. The number of nitriles is 1. The summed E-state index contributed by atoms with van der Waals surface area (Å²) in [6, 6.07) is 26.4. The molecule has 30 heavy (non-hydrogen) atoms. The maximum Gasteiger partial charge on any atom is 0.311 e. The normalized spacial score (nSPS) is 11.5. The van der Waals surface area contributed by atoms with Crippen LogP contribution in [0.4, 0.5) is 0 Å². The molecule has 152 valence electrons. The van der Waals surface area contributed by atoms with Crippen LogP contribution in [-0.4, -0.2) is 5.97 Å². The Bertz CT molecular complexity index is 1000. The van der Waals surface area contributed by atoms with Crippen LogP contribution in [0, 0.1) is 17.2 Å². The summed E-state index contributed by atoms with van der Waals surface area (Å²) in [5.41, 5.74) is 2.68. The molecule has 4 nitrogen and oxygen atoms in total. The van der Waals surface area contributed by atoms with Gasteiger partial charge in [-0.1, -0.05) is 68.4 Å². The Morgan fingerprint density at radius 1 is 0.900 bits per heavy atom. The molecule has 0 aliphatic heterocycles. The number of hydrogen-bond acceptors (Lipinski definition) is 4. The van der Waals surface area contributed by atoms with E-state index in [9.17, 15) is 10.1 Å². The number of ether oxygens (including phenoxy) is 2. The SMILES string of the molecule is CC(C)Cc1ccc(CC(=O)OC(C#N)c2cccc(Oc3ccccc3)c2)cc1. The molecule has 0 heterocycles. The van der Waals surface area contributed by atoms with E-state index in [4.69, 9.17) is 9.47 Å². The highest BCUT2D eigenvalue weighted by Gasteiger charge is 2.17. The quantitative estimate of drug-likeness (QED) is 0.434. The van der Waals surface area contributed by atoms with Gasteiger partial charge in [0.15, 0.2) is 0 Å². The van der Waals surface area contributed by atoms with Crippen LogP contribution in [0.25, 0.3) is 0 Å². The maximum absolute atomic E-state index is 12.4. The minimum absolute atomic E-state index is 0.125. The molecule has 3 rings (SSSR count). The van der Waals surface area contributed by atoms with Crippen molar-refractivity contribution in [1.82, 2.24) is 0 Å². The van der Waals surface area contributed by atoms with Gasteiger partial charge in [0.2, 0.25) is 6.10 Å². The summed E-state index contributed by atoms with van der Waals surface area (Å²) in [7, 11) is 0. The molecule has 0 saturated carbocycles. The van der Waals surface area contributed by atoms with E-state index in [1.165, 1.54) is 5.56 Å². The lowest BCUT2D eigenvalue weighted by atomic mass is 10.0. The van der Waals surface area contributed by atoms with Gasteiger partial charge in [-0.05, 0) is 47.7 Å². The summed E-state index contributed by atoms with van der Waals surface area (Å²) >= 11 is 0. The highest BCUT2D eigenvalue weighted by molar-refractivity contribution is 5.73. The second-order valence-electron chi connectivity index (χ2n) is 7.58. The van der Waals surface area contributed by atoms with E-state index in [2.05, 4.69) is 19.9 Å². The van der Waals surface area contributed by atoms with Gasteiger partial charge in [-0.2, -0.15) is 5.26 Å². The summed E-state index contributed by atoms with van der Waals surface area (Å²) in [4.78, 5) is 12.4. The third kappa shape index (κ3) is 6.22. The molecular formula is C26H25NO3. The number of nitrogens with zero attached hydrogens (tertiary/aromatic N) is 1. The minimum atomic E-state index is -0.989. The molecule has 0 aromatic heterocycles. The lowest BCUT2D eigenvalue weighted by molar-refractivity contribution is -0.146. The summed E-state index contributed by atoms with van der Waals surface area (Å²) in [6.45, 7) is 4.35. The van der Waals surface area contributed by atoms with Crippen molar-refractivity contribution in [2.24, 2.45) is 5.92 Å². The van der Waals surface area contributed by atoms with Crippen molar-refractivity contribution >= 4 is 5.97 Å². The van der Waals surface area contributed by atoms with E-state index in [1.54, 1.807) is 24.3 Å². The zero-order chi connectivity index (χ0) is 21.3. The molecule has 0 spiro atoms. The molecule has 0 saturated heterocycles. The second kappa shape index (κ2) is 10.3. The molecule has 4 heteroatoms. The predicted octanol–water partition coefficient (Wildman–Crippen LogP) is 6.03. The Morgan fingerprint density at radius 2 is 1.57 bits per heavy atom. The van der Waals surface area contributed by atoms with Crippen LogP contribution in [0.2, 0.25) is 0 Å².